The summed E-state index contributed by atoms with van der Waals surface area (Å²) in [6.07, 6.45) is -3.55. The predicted molar refractivity (Wildman–Crippen MR) is 155 cm³/mol. The molecule has 3 N–H and O–H groups in total. The summed E-state index contributed by atoms with van der Waals surface area (Å²) < 4.78 is 59.2. The van der Waals surface area contributed by atoms with Crippen LogP contribution in [0.1, 0.15) is 53.0 Å². The van der Waals surface area contributed by atoms with Gasteiger partial charge in [0.1, 0.15) is 11.6 Å². The first-order chi connectivity index (χ1) is 20.8. The van der Waals surface area contributed by atoms with Crippen molar-refractivity contribution in [1.82, 2.24) is 5.32 Å². The van der Waals surface area contributed by atoms with E-state index in [0.29, 0.717) is 36.1 Å². The van der Waals surface area contributed by atoms with Crippen molar-refractivity contribution in [3.05, 3.63) is 94.3 Å². The number of hydrogen-bond donors (Lipinski definition) is 3. The van der Waals surface area contributed by atoms with Crippen molar-refractivity contribution in [3.8, 4) is 16.9 Å². The lowest BCUT2D eigenvalue weighted by Gasteiger charge is -2.30. The van der Waals surface area contributed by atoms with E-state index in [1.165, 1.54) is 19.2 Å². The van der Waals surface area contributed by atoms with Crippen LogP contribution >= 0.6 is 0 Å². The van der Waals surface area contributed by atoms with Crippen LogP contribution in [0.5, 0.6) is 5.75 Å². The lowest BCUT2D eigenvalue weighted by atomic mass is 9.83. The molecule has 7 nitrogen and oxygen atoms in total. The quantitative estimate of drug-likeness (QED) is 0.199. The number of rotatable bonds is 7. The van der Waals surface area contributed by atoms with Gasteiger partial charge >= 0.3 is 12.1 Å². The highest BCUT2D eigenvalue weighted by molar-refractivity contribution is 6.00. The van der Waals surface area contributed by atoms with Crippen molar-refractivity contribution in [2.24, 2.45) is 17.8 Å². The molecule has 5 rings (SSSR count). The number of carbonyl (C=O) groups is 3. The third-order valence-electron chi connectivity index (χ3n) is 8.45. The zero-order valence-electron chi connectivity index (χ0n) is 24.1. The number of carbonyl (C=O) groups excluding carboxylic acids is 2. The minimum absolute atomic E-state index is 0.0814. The highest BCUT2D eigenvalue weighted by atomic mass is 19.4. The molecule has 2 saturated carbocycles. The first-order valence-corrected chi connectivity index (χ1v) is 14.0. The van der Waals surface area contributed by atoms with Gasteiger partial charge < -0.3 is 20.5 Å². The standard InChI is InChI=1S/C33H30F4N2O5/c1-16(2)27-21-9-10-22(27)29(28(21)31(41)38-20-8-11-25(34)24(15-20)33(35,36)37)39-30(40)23-14-18(7-12-26(23)44-3)17-5-4-6-19(13-17)32(42)43/h4-8,11-15,21-22,28-29H,9-10H2,1-3H3,(H,38,41)(H,39,40)(H,42,43)/t21?,22?,28-,29+/m0/s1. The Labute approximate surface area is 250 Å². The summed E-state index contributed by atoms with van der Waals surface area (Å²) in [4.78, 5) is 39.0. The number of methoxy groups -OCH3 is 1. The predicted octanol–water partition coefficient (Wildman–Crippen LogP) is 6.95. The number of nitrogens with one attached hydrogen (secondary N) is 2. The molecule has 2 aliphatic rings. The van der Waals surface area contributed by atoms with Gasteiger partial charge in [0.15, 0.2) is 0 Å². The fraction of sp³-hybridized carbons (Fsp3) is 0.303. The molecule has 2 amide bonds. The summed E-state index contributed by atoms with van der Waals surface area (Å²) in [6.45, 7) is 3.85. The minimum Gasteiger partial charge on any atom is -0.496 e. The first-order valence-electron chi connectivity index (χ1n) is 14.0. The van der Waals surface area contributed by atoms with Gasteiger partial charge in [0.05, 0.1) is 29.7 Å². The topological polar surface area (TPSA) is 105 Å². The Morgan fingerprint density at radius 1 is 0.932 bits per heavy atom. The fourth-order valence-electron chi connectivity index (χ4n) is 6.64. The van der Waals surface area contributed by atoms with Crippen LogP contribution in [0.2, 0.25) is 0 Å². The second kappa shape index (κ2) is 11.8. The van der Waals surface area contributed by atoms with Gasteiger partial charge in [0.2, 0.25) is 5.91 Å². The highest BCUT2D eigenvalue weighted by Crippen LogP contribution is 2.54. The van der Waals surface area contributed by atoms with Crippen molar-refractivity contribution in [2.45, 2.75) is 38.9 Å². The van der Waals surface area contributed by atoms with Crippen LogP contribution in [0, 0.1) is 23.6 Å². The van der Waals surface area contributed by atoms with E-state index in [1.54, 1.807) is 30.3 Å². The average molecular weight is 611 g/mol. The van der Waals surface area contributed by atoms with Crippen molar-refractivity contribution < 1.29 is 41.8 Å². The number of aromatic carboxylic acids is 1. The lowest BCUT2D eigenvalue weighted by Crippen LogP contribution is -2.48. The Kier molecular flexibility index (Phi) is 8.24. The molecule has 0 spiro atoms. The van der Waals surface area contributed by atoms with Crippen LogP contribution in [0.4, 0.5) is 23.2 Å². The SMILES string of the molecule is COc1ccc(-c2cccc(C(=O)O)c2)cc1C(=O)N[C@@H]1C2CCC(C2=C(C)C)[C@@H]1C(=O)Nc1ccc(F)c(C(F)(F)F)c1. The molecule has 2 fully saturated rings. The van der Waals surface area contributed by atoms with Crippen molar-refractivity contribution >= 4 is 23.5 Å². The Balaban J connectivity index is 1.46. The number of carboxylic acids is 1. The van der Waals surface area contributed by atoms with Crippen LogP contribution in [0.25, 0.3) is 11.1 Å². The van der Waals surface area contributed by atoms with Gasteiger partial charge in [-0.3, -0.25) is 9.59 Å². The molecule has 0 heterocycles. The molecule has 0 radical (unpaired) electrons. The van der Waals surface area contributed by atoms with E-state index in [4.69, 9.17) is 4.74 Å². The molecule has 0 aliphatic heterocycles. The third-order valence-corrected chi connectivity index (χ3v) is 8.45. The lowest BCUT2D eigenvalue weighted by molar-refractivity contribution is -0.140. The number of halogens is 4. The summed E-state index contributed by atoms with van der Waals surface area (Å²) >= 11 is 0. The molecule has 230 valence electrons. The Bertz CT molecular complexity index is 1680. The van der Waals surface area contributed by atoms with E-state index in [1.807, 2.05) is 13.8 Å². The maximum Gasteiger partial charge on any atom is 0.419 e. The first kappa shape index (κ1) is 30.8. The molecule has 2 unspecified atom stereocenters. The van der Waals surface area contributed by atoms with Gasteiger partial charge in [0.25, 0.3) is 5.91 Å². The monoisotopic (exact) mass is 610 g/mol. The van der Waals surface area contributed by atoms with E-state index in [2.05, 4.69) is 10.6 Å². The van der Waals surface area contributed by atoms with E-state index < -0.39 is 47.3 Å². The summed E-state index contributed by atoms with van der Waals surface area (Å²) in [6, 6.07) is 12.8. The minimum atomic E-state index is -4.94. The van der Waals surface area contributed by atoms with Gasteiger partial charge in [-0.1, -0.05) is 29.3 Å². The number of alkyl halides is 3. The van der Waals surface area contributed by atoms with Gasteiger partial charge in [-0.05, 0) is 86.2 Å². The van der Waals surface area contributed by atoms with Crippen LogP contribution in [-0.2, 0) is 11.0 Å². The van der Waals surface area contributed by atoms with Crippen molar-refractivity contribution in [1.29, 1.82) is 0 Å². The Morgan fingerprint density at radius 3 is 2.30 bits per heavy atom. The maximum absolute atomic E-state index is 13.9. The Hall–Kier alpha value is -4.67. The molecule has 0 saturated heterocycles. The number of amides is 2. The normalized spacial score (nSPS) is 20.8. The molecule has 3 aromatic rings. The molecular formula is C33H30F4N2O5. The second-order valence-electron chi connectivity index (χ2n) is 11.3. The summed E-state index contributed by atoms with van der Waals surface area (Å²) in [5, 5.41) is 14.9. The molecule has 0 aromatic heterocycles. The zero-order valence-corrected chi connectivity index (χ0v) is 24.1. The van der Waals surface area contributed by atoms with E-state index >= 15 is 0 Å². The average Bonchev–Trinajstić information content (AvgIpc) is 3.54. The van der Waals surface area contributed by atoms with Crippen LogP contribution in [-0.4, -0.2) is 36.0 Å². The smallest absolute Gasteiger partial charge is 0.419 e. The molecule has 44 heavy (non-hydrogen) atoms. The number of hydrogen-bond acceptors (Lipinski definition) is 4. The Morgan fingerprint density at radius 2 is 1.64 bits per heavy atom. The van der Waals surface area contributed by atoms with Gasteiger partial charge in [-0.25, -0.2) is 9.18 Å². The maximum atomic E-state index is 13.9. The number of ether oxygens (including phenoxy) is 1. The molecule has 2 aliphatic carbocycles. The summed E-state index contributed by atoms with van der Waals surface area (Å²) in [5.41, 5.74) is 1.75. The van der Waals surface area contributed by atoms with Gasteiger partial charge in [-0.15, -0.1) is 0 Å². The van der Waals surface area contributed by atoms with Gasteiger partial charge in [0, 0.05) is 17.6 Å². The number of benzene rings is 3. The number of carboxylic acid groups (broad SMARTS) is 1. The summed E-state index contributed by atoms with van der Waals surface area (Å²) in [5.74, 6) is -4.56. The molecule has 11 heteroatoms. The number of allylic oxidation sites excluding steroid dienone is 1. The second-order valence-corrected chi connectivity index (χ2v) is 11.3. The van der Waals surface area contributed by atoms with E-state index in [9.17, 15) is 37.1 Å². The fourth-order valence-corrected chi connectivity index (χ4v) is 6.64. The molecule has 2 bridgehead atoms. The zero-order chi connectivity index (χ0) is 31.9. The highest BCUT2D eigenvalue weighted by Gasteiger charge is 2.55. The third kappa shape index (κ3) is 5.78. The van der Waals surface area contributed by atoms with Crippen molar-refractivity contribution in [3.63, 3.8) is 0 Å². The van der Waals surface area contributed by atoms with Crippen LogP contribution < -0.4 is 15.4 Å². The molecule has 3 aromatic carbocycles. The van der Waals surface area contributed by atoms with E-state index in [-0.39, 0.29) is 34.4 Å². The largest absolute Gasteiger partial charge is 0.496 e. The van der Waals surface area contributed by atoms with E-state index in [0.717, 1.165) is 17.2 Å². The van der Waals surface area contributed by atoms with Gasteiger partial charge in [-0.2, -0.15) is 13.2 Å². The molecular weight excluding hydrogens is 580 g/mol. The van der Waals surface area contributed by atoms with Crippen LogP contribution in [0.15, 0.2) is 71.8 Å². The molecule has 4 atom stereocenters. The summed E-state index contributed by atoms with van der Waals surface area (Å²) in [7, 11) is 1.41. The number of fused-ring (bicyclic) bond motifs is 2. The van der Waals surface area contributed by atoms with Crippen molar-refractivity contribution in [2.75, 3.05) is 12.4 Å². The van der Waals surface area contributed by atoms with Crippen LogP contribution in [0.3, 0.4) is 0 Å². The number of anilines is 1.